The molecule has 2 nitrogen and oxygen atoms in total. The van der Waals surface area contributed by atoms with Crippen molar-refractivity contribution in [2.75, 3.05) is 0 Å². The number of hydrogen-bond acceptors (Lipinski definition) is 1. The van der Waals surface area contributed by atoms with Crippen molar-refractivity contribution in [1.29, 1.82) is 0 Å². The predicted octanol–water partition coefficient (Wildman–Crippen LogP) is 1.86. The molecule has 1 heterocycles. The molecule has 0 radical (unpaired) electrons. The molecular formula is C8H9NO. The summed E-state index contributed by atoms with van der Waals surface area (Å²) in [6.07, 6.45) is 6.46. The van der Waals surface area contributed by atoms with Crippen LogP contribution in [0.3, 0.4) is 0 Å². The second-order valence-corrected chi connectivity index (χ2v) is 2.01. The number of aromatic nitrogens is 1. The maximum Gasteiger partial charge on any atom is 0.166 e. The van der Waals surface area contributed by atoms with Crippen molar-refractivity contribution in [2.45, 2.75) is 6.92 Å². The van der Waals surface area contributed by atoms with Crippen molar-refractivity contribution in [3.05, 3.63) is 29.6 Å². The van der Waals surface area contributed by atoms with Crippen molar-refractivity contribution in [2.24, 2.45) is 0 Å². The molecule has 0 atom stereocenters. The quantitative estimate of drug-likeness (QED) is 0.617. The summed E-state index contributed by atoms with van der Waals surface area (Å²) < 4.78 is 0. The van der Waals surface area contributed by atoms with Gasteiger partial charge in [-0.25, -0.2) is 0 Å². The summed E-state index contributed by atoms with van der Waals surface area (Å²) in [5.41, 5.74) is 1.65. The number of aromatic amines is 1. The lowest BCUT2D eigenvalue weighted by atomic mass is 10.3. The van der Waals surface area contributed by atoms with Crippen LogP contribution in [0.25, 0.3) is 6.08 Å². The van der Waals surface area contributed by atoms with Crippen molar-refractivity contribution in [3.8, 4) is 0 Å². The monoisotopic (exact) mass is 135 g/mol. The van der Waals surface area contributed by atoms with E-state index in [1.807, 2.05) is 19.1 Å². The highest BCUT2D eigenvalue weighted by Gasteiger charge is 1.91. The zero-order chi connectivity index (χ0) is 7.40. The minimum atomic E-state index is 0.619. The van der Waals surface area contributed by atoms with Crippen LogP contribution in [-0.2, 0) is 0 Å². The molecule has 1 aromatic heterocycles. The average Bonchev–Trinajstić information content (AvgIpc) is 2.37. The van der Waals surface area contributed by atoms with Crippen LogP contribution in [0.15, 0.2) is 18.3 Å². The Hall–Kier alpha value is -1.31. The summed E-state index contributed by atoms with van der Waals surface area (Å²) in [6, 6.07) is 1.80. The smallest absolute Gasteiger partial charge is 0.166 e. The van der Waals surface area contributed by atoms with Gasteiger partial charge in [0.05, 0.1) is 5.69 Å². The topological polar surface area (TPSA) is 32.9 Å². The van der Waals surface area contributed by atoms with Crippen molar-refractivity contribution in [3.63, 3.8) is 0 Å². The van der Waals surface area contributed by atoms with Gasteiger partial charge in [0.25, 0.3) is 0 Å². The summed E-state index contributed by atoms with van der Waals surface area (Å²) in [5, 5.41) is 0. The maximum atomic E-state index is 10.2. The number of carbonyl (C=O) groups is 1. The zero-order valence-electron chi connectivity index (χ0n) is 5.79. The van der Waals surface area contributed by atoms with E-state index in [0.29, 0.717) is 5.69 Å². The largest absolute Gasteiger partial charge is 0.358 e. The van der Waals surface area contributed by atoms with Gasteiger partial charge in [-0.15, -0.1) is 0 Å². The number of carbonyl (C=O) groups excluding carboxylic acids is 1. The Morgan fingerprint density at radius 2 is 2.40 bits per heavy atom. The molecule has 0 amide bonds. The van der Waals surface area contributed by atoms with E-state index in [2.05, 4.69) is 4.98 Å². The first-order chi connectivity index (χ1) is 4.86. The van der Waals surface area contributed by atoms with Gasteiger partial charge in [-0.05, 0) is 18.6 Å². The van der Waals surface area contributed by atoms with Crippen molar-refractivity contribution < 1.29 is 4.79 Å². The van der Waals surface area contributed by atoms with Crippen molar-refractivity contribution in [1.82, 2.24) is 4.98 Å². The summed E-state index contributed by atoms with van der Waals surface area (Å²) in [5.74, 6) is 0. The Balaban J connectivity index is 2.87. The van der Waals surface area contributed by atoms with E-state index in [9.17, 15) is 4.79 Å². The number of allylic oxidation sites excluding steroid dienone is 1. The zero-order valence-corrected chi connectivity index (χ0v) is 5.79. The highest BCUT2D eigenvalue weighted by atomic mass is 16.1. The molecule has 0 spiro atoms. The summed E-state index contributed by atoms with van der Waals surface area (Å²) in [4.78, 5) is 13.0. The normalized spacial score (nSPS) is 10.5. The van der Waals surface area contributed by atoms with Gasteiger partial charge in [-0.3, -0.25) is 4.79 Å². The van der Waals surface area contributed by atoms with Gasteiger partial charge in [-0.2, -0.15) is 0 Å². The summed E-state index contributed by atoms with van der Waals surface area (Å²) in [6.45, 7) is 1.94. The molecule has 0 aliphatic heterocycles. The molecule has 1 rings (SSSR count). The van der Waals surface area contributed by atoms with E-state index >= 15 is 0 Å². The fourth-order valence-electron chi connectivity index (χ4n) is 0.786. The molecule has 0 aliphatic carbocycles. The van der Waals surface area contributed by atoms with Crippen LogP contribution in [0.2, 0.25) is 0 Å². The Labute approximate surface area is 59.6 Å². The van der Waals surface area contributed by atoms with Gasteiger partial charge in [0.1, 0.15) is 0 Å². The summed E-state index contributed by atoms with van der Waals surface area (Å²) >= 11 is 0. The second-order valence-electron chi connectivity index (χ2n) is 2.01. The molecule has 0 saturated heterocycles. The third-order valence-corrected chi connectivity index (χ3v) is 1.21. The van der Waals surface area contributed by atoms with Crippen LogP contribution in [-0.4, -0.2) is 11.3 Å². The van der Waals surface area contributed by atoms with Gasteiger partial charge in [0, 0.05) is 6.20 Å². The first-order valence-corrected chi connectivity index (χ1v) is 3.13. The lowest BCUT2D eigenvalue weighted by Gasteiger charge is -1.76. The van der Waals surface area contributed by atoms with Gasteiger partial charge in [0.15, 0.2) is 6.29 Å². The minimum absolute atomic E-state index is 0.619. The Morgan fingerprint density at radius 3 is 2.90 bits per heavy atom. The lowest BCUT2D eigenvalue weighted by Crippen LogP contribution is -1.72. The van der Waals surface area contributed by atoms with Crippen LogP contribution >= 0.6 is 0 Å². The Bertz CT molecular complexity index is 248. The molecule has 2 heteroatoms. The highest BCUT2D eigenvalue weighted by Crippen LogP contribution is 2.02. The van der Waals surface area contributed by atoms with E-state index < -0.39 is 0 Å². The fraction of sp³-hybridized carbons (Fsp3) is 0.125. The molecule has 1 aromatic rings. The van der Waals surface area contributed by atoms with E-state index in [1.54, 1.807) is 12.3 Å². The van der Waals surface area contributed by atoms with Crippen LogP contribution in [0, 0.1) is 0 Å². The number of nitrogens with one attached hydrogen (secondary N) is 1. The third kappa shape index (κ3) is 1.35. The van der Waals surface area contributed by atoms with E-state index in [1.165, 1.54) is 0 Å². The molecule has 0 bridgehead atoms. The summed E-state index contributed by atoms with van der Waals surface area (Å²) in [7, 11) is 0. The number of aldehydes is 1. The van der Waals surface area contributed by atoms with Gasteiger partial charge in [-0.1, -0.05) is 12.2 Å². The van der Waals surface area contributed by atoms with Gasteiger partial charge in [0.2, 0.25) is 0 Å². The lowest BCUT2D eigenvalue weighted by molar-refractivity contribution is 0.111. The molecule has 0 aliphatic rings. The molecule has 0 unspecified atom stereocenters. The number of rotatable bonds is 2. The van der Waals surface area contributed by atoms with Crippen molar-refractivity contribution >= 4 is 12.4 Å². The molecular weight excluding hydrogens is 126 g/mol. The van der Waals surface area contributed by atoms with E-state index in [4.69, 9.17) is 0 Å². The van der Waals surface area contributed by atoms with Crippen LogP contribution in [0.5, 0.6) is 0 Å². The van der Waals surface area contributed by atoms with Gasteiger partial charge >= 0.3 is 0 Å². The van der Waals surface area contributed by atoms with Gasteiger partial charge < -0.3 is 4.98 Å². The molecule has 1 N–H and O–H groups in total. The SMILES string of the molecule is C/C=C/c1c[nH]c(C=O)c1. The fourth-order valence-corrected chi connectivity index (χ4v) is 0.786. The first-order valence-electron chi connectivity index (χ1n) is 3.13. The van der Waals surface area contributed by atoms with Crippen LogP contribution < -0.4 is 0 Å². The molecule has 0 fully saturated rings. The van der Waals surface area contributed by atoms with Crippen LogP contribution in [0.1, 0.15) is 23.0 Å². The molecule has 52 valence electrons. The van der Waals surface area contributed by atoms with E-state index in [-0.39, 0.29) is 0 Å². The number of H-pyrrole nitrogens is 1. The first kappa shape index (κ1) is 6.81. The number of hydrogen-bond donors (Lipinski definition) is 1. The highest BCUT2D eigenvalue weighted by molar-refractivity contribution is 5.73. The van der Waals surface area contributed by atoms with E-state index in [0.717, 1.165) is 11.8 Å². The molecule has 10 heavy (non-hydrogen) atoms. The molecule has 0 saturated carbocycles. The molecule has 0 aromatic carbocycles. The Morgan fingerprint density at radius 1 is 1.60 bits per heavy atom. The average molecular weight is 135 g/mol. The second kappa shape index (κ2) is 3.01. The third-order valence-electron chi connectivity index (χ3n) is 1.21. The standard InChI is InChI=1S/C8H9NO/c1-2-3-7-4-8(6-10)9-5-7/h2-6,9H,1H3/b3-2+. The maximum absolute atomic E-state index is 10.2. The predicted molar refractivity (Wildman–Crippen MR) is 40.9 cm³/mol. The minimum Gasteiger partial charge on any atom is -0.358 e. The Kier molecular flexibility index (Phi) is 2.05. The van der Waals surface area contributed by atoms with Crippen LogP contribution in [0.4, 0.5) is 0 Å².